The quantitative estimate of drug-likeness (QED) is 0.122. The molecule has 0 aromatic carbocycles. The molecule has 0 saturated carbocycles. The van der Waals surface area contributed by atoms with E-state index in [-0.39, 0.29) is 54.4 Å². The molecule has 24 nitrogen and oxygen atoms in total. The van der Waals surface area contributed by atoms with Gasteiger partial charge in [-0.25, -0.2) is 29.0 Å². The van der Waals surface area contributed by atoms with Crippen LogP contribution in [0.2, 0.25) is 36.3 Å². The molecule has 8 atom stereocenters. The van der Waals surface area contributed by atoms with Crippen molar-refractivity contribution in [2.24, 2.45) is 0 Å². The van der Waals surface area contributed by atoms with Crippen molar-refractivity contribution in [1.29, 1.82) is 0 Å². The van der Waals surface area contributed by atoms with E-state index in [0.717, 1.165) is 9.13 Å². The topological polar surface area (TPSA) is 255 Å². The van der Waals surface area contributed by atoms with Crippen LogP contribution in [0.15, 0.2) is 21.7 Å². The molecule has 4 fully saturated rings. The van der Waals surface area contributed by atoms with E-state index in [2.05, 4.69) is 90.1 Å². The summed E-state index contributed by atoms with van der Waals surface area (Å²) in [6.45, 7) is 49.0. The number of ether oxygens (including phenoxy) is 10. The van der Waals surface area contributed by atoms with E-state index < -0.39 is 135 Å². The van der Waals surface area contributed by atoms with Crippen LogP contribution in [-0.4, -0.2) is 144 Å². The van der Waals surface area contributed by atoms with Crippen molar-refractivity contribution in [2.45, 2.75) is 272 Å². The Morgan fingerprint density at radius 1 is 0.506 bits per heavy atom. The maximum absolute atomic E-state index is 13.3. The van der Waals surface area contributed by atoms with Crippen LogP contribution >= 0.6 is 0 Å². The van der Waals surface area contributed by atoms with E-state index in [0.29, 0.717) is 9.80 Å². The fraction of sp³-hybridized carbons (Fsp3) is 0.786. The fourth-order valence-corrected chi connectivity index (χ4v) is 10.1. The van der Waals surface area contributed by atoms with Crippen LogP contribution < -0.4 is 21.2 Å². The number of hydrogen-bond donors (Lipinski definition) is 0. The molecule has 2 aromatic heterocycles. The molecular formula is C56H92N6O18Si2Zn. The summed E-state index contributed by atoms with van der Waals surface area (Å²) in [6.07, 6.45) is -3.72. The minimum atomic E-state index is -2.10. The molecule has 0 N–H and O–H groups in total. The summed E-state index contributed by atoms with van der Waals surface area (Å²) in [7, 11) is -4.20. The van der Waals surface area contributed by atoms with Gasteiger partial charge in [-0.1, -0.05) is 53.9 Å². The SMILES string of the molecule is CC(C)(C)OC(=O)N(C(=O)OC(C)(C)C)c1c[c-]n([C@@H]2O[C@H](CO[Si](C)(C)C(C)(C)C)[C@H]3OC(C)(C)O[C@H]32)c(=O)n1.CC(C)(C)OC(=O)N(C(=O)OC(C)(C)C)c1c[c-]n([C@@H]2O[C@H](CO[Si](C)(C)C(C)(C)C)[C@H]3OC(C)(C)O[C@H]32)c(=O)n1.[Zn+2]. The van der Waals surface area contributed by atoms with Gasteiger partial charge in [-0.15, -0.1) is 12.1 Å². The van der Waals surface area contributed by atoms with Crippen molar-refractivity contribution < 1.29 is 94.9 Å². The molecule has 0 radical (unpaired) electrons. The van der Waals surface area contributed by atoms with Crippen molar-refractivity contribution in [3.63, 3.8) is 0 Å². The molecule has 0 bridgehead atoms. The second kappa shape index (κ2) is 25.0. The van der Waals surface area contributed by atoms with Gasteiger partial charge >= 0.3 is 43.9 Å². The zero-order valence-electron chi connectivity index (χ0n) is 53.9. The van der Waals surface area contributed by atoms with Crippen molar-refractivity contribution in [2.75, 3.05) is 23.0 Å². The summed E-state index contributed by atoms with van der Waals surface area (Å²) in [4.78, 5) is 87.8. The first-order valence-electron chi connectivity index (χ1n) is 27.7. The predicted molar refractivity (Wildman–Crippen MR) is 306 cm³/mol. The molecule has 0 unspecified atom stereocenters. The molecule has 2 aromatic rings. The van der Waals surface area contributed by atoms with E-state index in [1.54, 1.807) is 111 Å². The Kier molecular flexibility index (Phi) is 21.5. The van der Waals surface area contributed by atoms with E-state index in [9.17, 15) is 28.8 Å². The number of imide groups is 2. The van der Waals surface area contributed by atoms with Gasteiger partial charge in [0.25, 0.3) is 0 Å². The van der Waals surface area contributed by atoms with E-state index in [1.165, 1.54) is 12.1 Å². The van der Waals surface area contributed by atoms with E-state index >= 15 is 0 Å². The minimum absolute atomic E-state index is 0. The van der Waals surface area contributed by atoms with Crippen molar-refractivity contribution in [3.05, 3.63) is 45.5 Å². The molecule has 4 saturated heterocycles. The summed E-state index contributed by atoms with van der Waals surface area (Å²) in [5, 5.41) is -0.00927. The number of hydrogen-bond acceptors (Lipinski definition) is 20. The van der Waals surface area contributed by atoms with E-state index in [1.807, 2.05) is 0 Å². The number of rotatable bonds is 10. The zero-order chi connectivity index (χ0) is 62.7. The predicted octanol–water partition coefficient (Wildman–Crippen LogP) is 10.3. The molecule has 27 heteroatoms. The van der Waals surface area contributed by atoms with E-state index in [4.69, 9.17) is 56.2 Å². The van der Waals surface area contributed by atoms with Crippen LogP contribution in [-0.2, 0) is 75.7 Å². The maximum Gasteiger partial charge on any atom is 2.00 e. The number of nitrogens with zero attached hydrogens (tertiary/aromatic N) is 6. The van der Waals surface area contributed by atoms with Gasteiger partial charge < -0.3 is 84.9 Å². The molecule has 464 valence electrons. The third-order valence-electron chi connectivity index (χ3n) is 13.8. The molecule has 4 aliphatic rings. The molecule has 4 amide bonds. The third-order valence-corrected chi connectivity index (χ3v) is 22.9. The average Bonchev–Trinajstić information content (AvgIpc) is 4.00. The molecular weight excluding hydrogens is 1170 g/mol. The summed E-state index contributed by atoms with van der Waals surface area (Å²) in [6, 6.07) is 2.46. The van der Waals surface area contributed by atoms with Crippen LogP contribution in [0.25, 0.3) is 0 Å². The van der Waals surface area contributed by atoms with Crippen LogP contribution in [0, 0.1) is 12.4 Å². The van der Waals surface area contributed by atoms with Crippen LogP contribution in [0.5, 0.6) is 0 Å². The monoisotopic (exact) mass is 1260 g/mol. The Labute approximate surface area is 504 Å². The Bertz CT molecular complexity index is 2530. The Morgan fingerprint density at radius 3 is 0.988 bits per heavy atom. The normalized spacial score (nSPS) is 24.3. The van der Waals surface area contributed by atoms with Gasteiger partial charge in [0, 0.05) is 11.6 Å². The first-order chi connectivity index (χ1) is 36.8. The van der Waals surface area contributed by atoms with Gasteiger partial charge in [0.15, 0.2) is 28.2 Å². The Balaban J connectivity index is 0.000000352. The third kappa shape index (κ3) is 18.5. The summed E-state index contributed by atoms with van der Waals surface area (Å²) >= 11 is 0. The maximum atomic E-state index is 13.3. The smallest absolute Gasteiger partial charge is 0.444 e. The summed E-state index contributed by atoms with van der Waals surface area (Å²) < 4.78 is 73.7. The molecule has 4 aliphatic heterocycles. The van der Waals surface area contributed by atoms with Crippen molar-refractivity contribution in [3.8, 4) is 0 Å². The van der Waals surface area contributed by atoms with Crippen LogP contribution in [0.3, 0.4) is 0 Å². The molecule has 0 aliphatic carbocycles. The van der Waals surface area contributed by atoms with Crippen LogP contribution in [0.1, 0.15) is 165 Å². The number of anilines is 2. The van der Waals surface area contributed by atoms with Gasteiger partial charge in [0.1, 0.15) is 71.5 Å². The standard InChI is InChI=1S/2C28H46N3O9Si.Zn/c2*1-25(2,3)39-23(33)31(24(34)40-26(4,5)6)18-14-15-30(22(32)29-18)21-20-19(37-28(10,11)38-20)17(36-21)16-35-41(12,13)27(7,8)9;/h2*14,17,19-21H,16H2,1-13H3;/q2*-1;+2/t2*17-,19-,20-,21-;/m11./s1. The molecule has 6 rings (SSSR count). The summed E-state index contributed by atoms with van der Waals surface area (Å²) in [5.74, 6) is -2.42. The van der Waals surface area contributed by atoms with Gasteiger partial charge in [0.2, 0.25) is 11.4 Å². The first-order valence-corrected chi connectivity index (χ1v) is 33.5. The second-order valence-electron chi connectivity index (χ2n) is 28.8. The van der Waals surface area contributed by atoms with Crippen LogP contribution in [0.4, 0.5) is 30.8 Å². The second-order valence-corrected chi connectivity index (χ2v) is 38.4. The number of carbonyl (C=O) groups excluding carboxylic acids is 4. The minimum Gasteiger partial charge on any atom is -0.444 e. The molecule has 0 spiro atoms. The van der Waals surface area contributed by atoms with Crippen molar-refractivity contribution in [1.82, 2.24) is 19.1 Å². The first kappa shape index (κ1) is 71.5. The van der Waals surface area contributed by atoms with Crippen molar-refractivity contribution >= 4 is 52.6 Å². The average molecular weight is 1260 g/mol. The zero-order valence-corrected chi connectivity index (χ0v) is 58.9. The summed E-state index contributed by atoms with van der Waals surface area (Å²) in [5.41, 5.74) is -5.31. The number of carbonyl (C=O) groups is 4. The molecule has 83 heavy (non-hydrogen) atoms. The van der Waals surface area contributed by atoms with Gasteiger partial charge in [-0.2, -0.15) is 0 Å². The Hall–Kier alpha value is -4.02. The van der Waals surface area contributed by atoms with Gasteiger partial charge in [-0.3, -0.25) is 0 Å². The largest absolute Gasteiger partial charge is 2.00 e. The fourth-order valence-electron chi connectivity index (χ4n) is 8.10. The van der Waals surface area contributed by atoms with Gasteiger partial charge in [0.05, 0.1) is 13.2 Å². The number of aromatic nitrogens is 4. The Morgan fingerprint density at radius 2 is 0.759 bits per heavy atom. The van der Waals surface area contributed by atoms with Gasteiger partial charge in [-0.05, 0) is 147 Å². The number of fused-ring (bicyclic) bond motifs is 2. The molecule has 6 heterocycles. The number of amides is 4.